The van der Waals surface area contributed by atoms with Gasteiger partial charge in [0.1, 0.15) is 18.1 Å². The molecule has 3 aromatic rings. The third-order valence-corrected chi connectivity index (χ3v) is 4.09. The predicted molar refractivity (Wildman–Crippen MR) is 95.6 cm³/mol. The number of benzene rings is 2. The molecule has 0 saturated heterocycles. The number of ether oxygens (including phenoxy) is 1. The summed E-state index contributed by atoms with van der Waals surface area (Å²) >= 11 is 0. The number of carbonyl (C=O) groups is 1. The second-order valence-corrected chi connectivity index (χ2v) is 6.25. The number of halogens is 4. The summed E-state index contributed by atoms with van der Waals surface area (Å²) in [6, 6.07) is 8.10. The van der Waals surface area contributed by atoms with Crippen molar-refractivity contribution in [3.63, 3.8) is 0 Å². The number of hydrogen-bond acceptors (Lipinski definition) is 4. The zero-order valence-corrected chi connectivity index (χ0v) is 15.0. The van der Waals surface area contributed by atoms with Gasteiger partial charge < -0.3 is 10.1 Å². The summed E-state index contributed by atoms with van der Waals surface area (Å²) in [6.45, 7) is 1.28. The highest BCUT2D eigenvalue weighted by atomic mass is 19.4. The first kappa shape index (κ1) is 20.3. The zero-order chi connectivity index (χ0) is 21.2. The topological polar surface area (TPSA) is 73.2 Å². The maximum absolute atomic E-state index is 13.4. The molecule has 0 fully saturated rings. The van der Waals surface area contributed by atoms with Crippen molar-refractivity contribution in [2.24, 2.45) is 0 Å². The van der Waals surface area contributed by atoms with Gasteiger partial charge in [-0.1, -0.05) is 12.1 Å². The number of nitrogens with zero attached hydrogens (tertiary/aromatic N) is 2. The Hall–Kier alpha value is -3.43. The number of amides is 1. The second kappa shape index (κ2) is 7.90. The van der Waals surface area contributed by atoms with E-state index >= 15 is 0 Å². The molecule has 1 unspecified atom stereocenters. The van der Waals surface area contributed by atoms with E-state index in [0.717, 1.165) is 22.8 Å². The van der Waals surface area contributed by atoms with Gasteiger partial charge >= 0.3 is 6.36 Å². The number of aromatic nitrogens is 2. The molecule has 1 N–H and O–H groups in total. The predicted octanol–water partition coefficient (Wildman–Crippen LogP) is 3.31. The molecule has 29 heavy (non-hydrogen) atoms. The quantitative estimate of drug-likeness (QED) is 0.657. The summed E-state index contributed by atoms with van der Waals surface area (Å²) < 4.78 is 54.8. The van der Waals surface area contributed by atoms with Crippen LogP contribution in [0.4, 0.5) is 17.6 Å². The van der Waals surface area contributed by atoms with Gasteiger partial charge in [-0.2, -0.15) is 0 Å². The molecule has 0 saturated carbocycles. The number of hydrogen-bond donors (Lipinski definition) is 1. The highest BCUT2D eigenvalue weighted by Crippen LogP contribution is 2.24. The molecule has 0 aliphatic carbocycles. The lowest BCUT2D eigenvalue weighted by molar-refractivity contribution is -0.274. The number of fused-ring (bicyclic) bond motifs is 1. The number of carbonyl (C=O) groups excluding carboxylic acids is 1. The van der Waals surface area contributed by atoms with Crippen LogP contribution in [0.25, 0.3) is 10.9 Å². The Bertz CT molecular complexity index is 1090. The fraction of sp³-hybridized carbons (Fsp3) is 0.211. The van der Waals surface area contributed by atoms with E-state index < -0.39 is 29.7 Å². The smallest absolute Gasteiger partial charge is 0.406 e. The zero-order valence-electron chi connectivity index (χ0n) is 15.0. The third kappa shape index (κ3) is 5.09. The molecule has 3 rings (SSSR count). The Balaban J connectivity index is 1.68. The first-order chi connectivity index (χ1) is 13.6. The van der Waals surface area contributed by atoms with Crippen molar-refractivity contribution in [3.05, 3.63) is 70.5 Å². The monoisotopic (exact) mass is 409 g/mol. The Labute approximate surface area is 161 Å². The lowest BCUT2D eigenvalue weighted by Gasteiger charge is -2.16. The van der Waals surface area contributed by atoms with Crippen LogP contribution in [0, 0.1) is 5.82 Å². The van der Waals surface area contributed by atoms with Crippen molar-refractivity contribution in [1.29, 1.82) is 0 Å². The molecular weight excluding hydrogens is 394 g/mol. The number of alkyl halides is 3. The standard InChI is InChI=1S/C19H15F4N3O3/c1-11(12-2-5-14(6-3-12)29-19(21,22)23)25-17(27)9-26-10-24-16-7-4-13(20)8-15(16)18(26)28/h2-8,10-11H,9H2,1H3,(H,25,27). The van der Waals surface area contributed by atoms with E-state index in [-0.39, 0.29) is 17.7 Å². The fourth-order valence-corrected chi connectivity index (χ4v) is 2.73. The van der Waals surface area contributed by atoms with Crippen molar-refractivity contribution in [3.8, 4) is 5.75 Å². The third-order valence-electron chi connectivity index (χ3n) is 4.09. The Morgan fingerprint density at radius 1 is 1.21 bits per heavy atom. The Morgan fingerprint density at radius 2 is 1.90 bits per heavy atom. The molecule has 1 atom stereocenters. The van der Waals surface area contributed by atoms with Crippen LogP contribution in [0.1, 0.15) is 18.5 Å². The lowest BCUT2D eigenvalue weighted by Crippen LogP contribution is -2.34. The summed E-state index contributed by atoms with van der Waals surface area (Å²) in [6.07, 6.45) is -3.60. The van der Waals surface area contributed by atoms with E-state index in [2.05, 4.69) is 15.0 Å². The van der Waals surface area contributed by atoms with E-state index in [4.69, 9.17) is 0 Å². The van der Waals surface area contributed by atoms with Gasteiger partial charge in [0.05, 0.1) is 23.3 Å². The molecule has 1 aromatic heterocycles. The molecule has 6 nitrogen and oxygen atoms in total. The van der Waals surface area contributed by atoms with Gasteiger partial charge in [-0.05, 0) is 42.8 Å². The van der Waals surface area contributed by atoms with E-state index in [9.17, 15) is 27.2 Å². The first-order valence-corrected chi connectivity index (χ1v) is 8.42. The van der Waals surface area contributed by atoms with Gasteiger partial charge in [0.2, 0.25) is 5.91 Å². The molecule has 152 valence electrons. The highest BCUT2D eigenvalue weighted by molar-refractivity contribution is 5.79. The molecule has 0 radical (unpaired) electrons. The van der Waals surface area contributed by atoms with Crippen molar-refractivity contribution in [1.82, 2.24) is 14.9 Å². The van der Waals surface area contributed by atoms with Gasteiger partial charge in [-0.3, -0.25) is 14.2 Å². The van der Waals surface area contributed by atoms with E-state index in [1.807, 2.05) is 0 Å². The molecule has 0 spiro atoms. The summed E-state index contributed by atoms with van der Waals surface area (Å²) in [5, 5.41) is 2.69. The first-order valence-electron chi connectivity index (χ1n) is 8.42. The maximum Gasteiger partial charge on any atom is 0.573 e. The van der Waals surface area contributed by atoms with Crippen molar-refractivity contribution in [2.75, 3.05) is 0 Å². The van der Waals surface area contributed by atoms with Crippen LogP contribution in [0.3, 0.4) is 0 Å². The van der Waals surface area contributed by atoms with E-state index in [1.165, 1.54) is 30.6 Å². The van der Waals surface area contributed by atoms with Crippen LogP contribution in [0.5, 0.6) is 5.75 Å². The normalized spacial score (nSPS) is 12.6. The summed E-state index contributed by atoms with van der Waals surface area (Å²) in [4.78, 5) is 28.7. The minimum Gasteiger partial charge on any atom is -0.406 e. The van der Waals surface area contributed by atoms with Gasteiger partial charge in [0.15, 0.2) is 0 Å². The van der Waals surface area contributed by atoms with Crippen molar-refractivity contribution in [2.45, 2.75) is 25.9 Å². The Kier molecular flexibility index (Phi) is 5.53. The van der Waals surface area contributed by atoms with Crippen LogP contribution in [0.2, 0.25) is 0 Å². The van der Waals surface area contributed by atoms with E-state index in [1.54, 1.807) is 6.92 Å². The van der Waals surface area contributed by atoms with Crippen molar-refractivity contribution >= 4 is 16.8 Å². The summed E-state index contributed by atoms with van der Waals surface area (Å²) in [5.41, 5.74) is 0.285. The second-order valence-electron chi connectivity index (χ2n) is 6.25. The van der Waals surface area contributed by atoms with E-state index in [0.29, 0.717) is 11.1 Å². The van der Waals surface area contributed by atoms with Crippen molar-refractivity contribution < 1.29 is 27.1 Å². The van der Waals surface area contributed by atoms with Gasteiger partial charge in [-0.25, -0.2) is 9.37 Å². The fourth-order valence-electron chi connectivity index (χ4n) is 2.73. The molecule has 0 aliphatic rings. The maximum atomic E-state index is 13.4. The van der Waals surface area contributed by atoms with Crippen LogP contribution < -0.4 is 15.6 Å². The number of nitrogens with one attached hydrogen (secondary N) is 1. The highest BCUT2D eigenvalue weighted by Gasteiger charge is 2.31. The van der Waals surface area contributed by atoms with Gasteiger partial charge in [0, 0.05) is 0 Å². The minimum absolute atomic E-state index is 0.0496. The van der Waals surface area contributed by atoms with Gasteiger partial charge in [-0.15, -0.1) is 13.2 Å². The molecule has 0 aliphatic heterocycles. The van der Waals surface area contributed by atoms with Crippen LogP contribution in [-0.2, 0) is 11.3 Å². The molecule has 10 heteroatoms. The average Bonchev–Trinajstić information content (AvgIpc) is 2.63. The average molecular weight is 409 g/mol. The van der Waals surface area contributed by atoms with Crippen LogP contribution >= 0.6 is 0 Å². The largest absolute Gasteiger partial charge is 0.573 e. The Morgan fingerprint density at radius 3 is 2.55 bits per heavy atom. The lowest BCUT2D eigenvalue weighted by atomic mass is 10.1. The summed E-state index contributed by atoms with van der Waals surface area (Å²) in [7, 11) is 0. The van der Waals surface area contributed by atoms with Crippen LogP contribution in [-0.4, -0.2) is 21.8 Å². The molecule has 1 heterocycles. The molecule has 0 bridgehead atoms. The molecule has 2 aromatic carbocycles. The van der Waals surface area contributed by atoms with Gasteiger partial charge in [0.25, 0.3) is 5.56 Å². The molecular formula is C19H15F4N3O3. The summed E-state index contributed by atoms with van der Waals surface area (Å²) in [5.74, 6) is -1.49. The SMILES string of the molecule is CC(NC(=O)Cn1cnc2ccc(F)cc2c1=O)c1ccc(OC(F)(F)F)cc1. The minimum atomic E-state index is -4.79. The number of rotatable bonds is 5. The van der Waals surface area contributed by atoms with Crippen LogP contribution in [0.15, 0.2) is 53.6 Å². The molecule has 1 amide bonds.